The van der Waals surface area contributed by atoms with Gasteiger partial charge in [-0.3, -0.25) is 0 Å². The summed E-state index contributed by atoms with van der Waals surface area (Å²) < 4.78 is 5.13. The van der Waals surface area contributed by atoms with Gasteiger partial charge in [0.15, 0.2) is 0 Å². The Balaban J connectivity index is 2.12. The van der Waals surface area contributed by atoms with Gasteiger partial charge < -0.3 is 4.74 Å². The first kappa shape index (κ1) is 16.4. The molecule has 0 spiro atoms. The number of thiazole rings is 1. The van der Waals surface area contributed by atoms with Crippen molar-refractivity contribution in [1.82, 2.24) is 4.98 Å². The van der Waals surface area contributed by atoms with Crippen molar-refractivity contribution >= 4 is 17.3 Å². The van der Waals surface area contributed by atoms with Gasteiger partial charge in [-0.1, -0.05) is 48.0 Å². The van der Waals surface area contributed by atoms with E-state index >= 15 is 0 Å². The highest BCUT2D eigenvalue weighted by Gasteiger charge is 2.19. The lowest BCUT2D eigenvalue weighted by atomic mass is 9.98. The van der Waals surface area contributed by atoms with Crippen LogP contribution in [-0.4, -0.2) is 17.6 Å². The summed E-state index contributed by atoms with van der Waals surface area (Å²) in [4.78, 5) is 17.3. The molecule has 0 saturated carbocycles. The van der Waals surface area contributed by atoms with Crippen LogP contribution >= 0.6 is 11.3 Å². The normalized spacial score (nSPS) is 10.6. The number of aryl methyl sites for hydroxylation is 2. The molecule has 0 aliphatic carbocycles. The summed E-state index contributed by atoms with van der Waals surface area (Å²) in [5.41, 5.74) is 5.18. The maximum atomic E-state index is 12.1. The predicted molar refractivity (Wildman–Crippen MR) is 98.4 cm³/mol. The number of carbonyl (C=O) groups is 1. The first-order valence-electron chi connectivity index (χ1n) is 7.91. The molecule has 24 heavy (non-hydrogen) atoms. The van der Waals surface area contributed by atoms with E-state index < -0.39 is 0 Å². The van der Waals surface area contributed by atoms with Crippen LogP contribution in [-0.2, 0) is 4.74 Å². The molecule has 0 amide bonds. The summed E-state index contributed by atoms with van der Waals surface area (Å²) in [6.45, 7) is 6.09. The number of rotatable bonds is 4. The second kappa shape index (κ2) is 6.97. The van der Waals surface area contributed by atoms with Gasteiger partial charge in [0.25, 0.3) is 0 Å². The van der Waals surface area contributed by atoms with Gasteiger partial charge in [-0.05, 0) is 38.0 Å². The number of hydrogen-bond acceptors (Lipinski definition) is 4. The number of benzene rings is 2. The van der Waals surface area contributed by atoms with E-state index in [4.69, 9.17) is 4.74 Å². The van der Waals surface area contributed by atoms with E-state index in [1.165, 1.54) is 11.3 Å². The van der Waals surface area contributed by atoms with Crippen LogP contribution in [0.15, 0.2) is 48.5 Å². The average molecular weight is 337 g/mol. The highest BCUT2D eigenvalue weighted by molar-refractivity contribution is 7.17. The van der Waals surface area contributed by atoms with E-state index in [0.29, 0.717) is 17.2 Å². The Bertz CT molecular complexity index is 869. The van der Waals surface area contributed by atoms with Gasteiger partial charge >= 0.3 is 5.97 Å². The Morgan fingerprint density at radius 1 is 1.08 bits per heavy atom. The van der Waals surface area contributed by atoms with Crippen LogP contribution in [0.4, 0.5) is 0 Å². The first-order valence-corrected chi connectivity index (χ1v) is 8.72. The van der Waals surface area contributed by atoms with Gasteiger partial charge in [-0.2, -0.15) is 0 Å². The molecule has 122 valence electrons. The van der Waals surface area contributed by atoms with Crippen LogP contribution in [0.2, 0.25) is 0 Å². The maximum absolute atomic E-state index is 12.1. The Labute approximate surface area is 146 Å². The number of hydrogen-bond donors (Lipinski definition) is 0. The lowest BCUT2D eigenvalue weighted by molar-refractivity contribution is 0.0531. The number of esters is 1. The molecule has 0 bridgehead atoms. The quantitative estimate of drug-likeness (QED) is 0.609. The Morgan fingerprint density at radius 3 is 2.54 bits per heavy atom. The predicted octanol–water partition coefficient (Wildman–Crippen LogP) is 5.27. The zero-order valence-corrected chi connectivity index (χ0v) is 14.8. The Hall–Kier alpha value is -2.46. The van der Waals surface area contributed by atoms with Gasteiger partial charge in [-0.25, -0.2) is 9.78 Å². The summed E-state index contributed by atoms with van der Waals surface area (Å²) in [6.07, 6.45) is 0. The monoisotopic (exact) mass is 337 g/mol. The molecule has 0 radical (unpaired) electrons. The highest BCUT2D eigenvalue weighted by atomic mass is 32.1. The van der Waals surface area contributed by atoms with E-state index in [1.54, 1.807) is 0 Å². The third kappa shape index (κ3) is 3.24. The van der Waals surface area contributed by atoms with Crippen molar-refractivity contribution < 1.29 is 9.53 Å². The number of ether oxygens (including phenoxy) is 1. The molecule has 3 rings (SSSR count). The van der Waals surface area contributed by atoms with Gasteiger partial charge in [0.2, 0.25) is 0 Å². The second-order valence-corrected chi connectivity index (χ2v) is 6.57. The number of carbonyl (C=O) groups excluding carboxylic acids is 1. The van der Waals surface area contributed by atoms with Gasteiger partial charge in [-0.15, -0.1) is 11.3 Å². The molecule has 2 aromatic carbocycles. The maximum Gasteiger partial charge on any atom is 0.350 e. The van der Waals surface area contributed by atoms with Crippen LogP contribution in [0.5, 0.6) is 0 Å². The molecule has 4 heteroatoms. The summed E-state index contributed by atoms with van der Waals surface area (Å²) >= 11 is 1.39. The van der Waals surface area contributed by atoms with E-state index in [9.17, 15) is 4.79 Å². The fourth-order valence-corrected chi connectivity index (χ4v) is 3.59. The minimum Gasteiger partial charge on any atom is -0.462 e. The van der Waals surface area contributed by atoms with Gasteiger partial charge in [0.1, 0.15) is 9.88 Å². The molecule has 0 aliphatic heterocycles. The van der Waals surface area contributed by atoms with E-state index in [1.807, 2.05) is 32.0 Å². The molecular formula is C20H19NO2S. The highest BCUT2D eigenvalue weighted by Crippen LogP contribution is 2.36. The van der Waals surface area contributed by atoms with Gasteiger partial charge in [0.05, 0.1) is 12.3 Å². The molecule has 3 nitrogen and oxygen atoms in total. The van der Waals surface area contributed by atoms with Crippen molar-refractivity contribution in [3.05, 3.63) is 64.7 Å². The zero-order chi connectivity index (χ0) is 17.1. The zero-order valence-electron chi connectivity index (χ0n) is 14.0. The minimum absolute atomic E-state index is 0.298. The molecular weight excluding hydrogens is 318 g/mol. The van der Waals surface area contributed by atoms with Crippen LogP contribution < -0.4 is 0 Å². The average Bonchev–Trinajstić information content (AvgIpc) is 2.98. The SMILES string of the molecule is CCOC(=O)c1sc(-c2cc(C)ccc2-c2ccccc2)nc1C. The first-order chi connectivity index (χ1) is 11.6. The topological polar surface area (TPSA) is 39.2 Å². The second-order valence-electron chi connectivity index (χ2n) is 5.57. The Morgan fingerprint density at radius 2 is 1.83 bits per heavy atom. The standard InChI is InChI=1S/C20H19NO2S/c1-4-23-20(22)18-14(3)21-19(24-18)17-12-13(2)10-11-16(17)15-8-6-5-7-9-15/h5-12H,4H2,1-3H3. The van der Waals surface area contributed by atoms with Crippen LogP contribution in [0, 0.1) is 13.8 Å². The lowest BCUT2D eigenvalue weighted by Crippen LogP contribution is -2.03. The van der Waals surface area contributed by atoms with Crippen molar-refractivity contribution in [2.45, 2.75) is 20.8 Å². The van der Waals surface area contributed by atoms with E-state index in [2.05, 4.69) is 42.2 Å². The van der Waals surface area contributed by atoms with Crippen LogP contribution in [0.3, 0.4) is 0 Å². The summed E-state index contributed by atoms with van der Waals surface area (Å²) in [5.74, 6) is -0.298. The lowest BCUT2D eigenvalue weighted by Gasteiger charge is -2.09. The molecule has 0 N–H and O–H groups in total. The summed E-state index contributed by atoms with van der Waals surface area (Å²) in [5, 5.41) is 0.845. The molecule has 1 heterocycles. The molecule has 1 aromatic heterocycles. The molecule has 0 fully saturated rings. The number of nitrogens with zero attached hydrogens (tertiary/aromatic N) is 1. The van der Waals surface area contributed by atoms with Crippen molar-refractivity contribution in [2.75, 3.05) is 6.61 Å². The van der Waals surface area contributed by atoms with E-state index in [0.717, 1.165) is 27.3 Å². The van der Waals surface area contributed by atoms with Crippen molar-refractivity contribution in [2.24, 2.45) is 0 Å². The van der Waals surface area contributed by atoms with Crippen molar-refractivity contribution in [3.63, 3.8) is 0 Å². The minimum atomic E-state index is -0.298. The van der Waals surface area contributed by atoms with Crippen molar-refractivity contribution in [3.8, 4) is 21.7 Å². The van der Waals surface area contributed by atoms with Crippen LogP contribution in [0.1, 0.15) is 27.9 Å². The van der Waals surface area contributed by atoms with Crippen molar-refractivity contribution in [1.29, 1.82) is 0 Å². The fraction of sp³-hybridized carbons (Fsp3) is 0.200. The molecule has 0 saturated heterocycles. The summed E-state index contributed by atoms with van der Waals surface area (Å²) in [7, 11) is 0. The molecule has 3 aromatic rings. The molecule has 0 atom stereocenters. The number of aromatic nitrogens is 1. The smallest absolute Gasteiger partial charge is 0.350 e. The Kier molecular flexibility index (Phi) is 4.76. The van der Waals surface area contributed by atoms with E-state index in [-0.39, 0.29) is 5.97 Å². The third-order valence-electron chi connectivity index (χ3n) is 3.75. The third-order valence-corrected chi connectivity index (χ3v) is 4.92. The molecule has 0 unspecified atom stereocenters. The van der Waals surface area contributed by atoms with Gasteiger partial charge in [0, 0.05) is 5.56 Å². The fourth-order valence-electron chi connectivity index (χ4n) is 2.60. The van der Waals surface area contributed by atoms with Crippen LogP contribution in [0.25, 0.3) is 21.7 Å². The summed E-state index contributed by atoms with van der Waals surface area (Å²) in [6, 6.07) is 16.5. The molecule has 0 aliphatic rings. The largest absolute Gasteiger partial charge is 0.462 e.